The van der Waals surface area contributed by atoms with Gasteiger partial charge in [-0.15, -0.1) is 10.0 Å². The third-order valence-electron chi connectivity index (χ3n) is 2.54. The van der Waals surface area contributed by atoms with Gasteiger partial charge in [0, 0.05) is 31.9 Å². The highest BCUT2D eigenvalue weighted by Gasteiger charge is 2.09. The molecular formula is C11H16N4O3. The van der Waals surface area contributed by atoms with Gasteiger partial charge in [0.25, 0.3) is 5.56 Å². The van der Waals surface area contributed by atoms with Gasteiger partial charge >= 0.3 is 0 Å². The molecule has 1 rings (SSSR count). The summed E-state index contributed by atoms with van der Waals surface area (Å²) >= 11 is 0. The predicted molar refractivity (Wildman–Crippen MR) is 69.6 cm³/mol. The summed E-state index contributed by atoms with van der Waals surface area (Å²) in [6.07, 6.45) is 0.673. The van der Waals surface area contributed by atoms with Crippen LogP contribution < -0.4 is 11.3 Å². The average Bonchev–Trinajstić information content (AvgIpc) is 2.33. The topological polar surface area (TPSA) is 99.0 Å². The fourth-order valence-corrected chi connectivity index (χ4v) is 1.61. The fourth-order valence-electron chi connectivity index (χ4n) is 1.61. The van der Waals surface area contributed by atoms with Crippen molar-refractivity contribution in [3.05, 3.63) is 33.0 Å². The molecule has 18 heavy (non-hydrogen) atoms. The zero-order chi connectivity index (χ0) is 13.5. The lowest BCUT2D eigenvalue weighted by molar-refractivity contribution is 0.190. The summed E-state index contributed by atoms with van der Waals surface area (Å²) in [5.74, 6) is 0.281. The van der Waals surface area contributed by atoms with Crippen molar-refractivity contribution in [2.45, 2.75) is 19.9 Å². The highest BCUT2D eigenvalue weighted by molar-refractivity contribution is 6.02. The molecule has 1 heterocycles. The van der Waals surface area contributed by atoms with Crippen LogP contribution in [0.25, 0.3) is 0 Å². The Morgan fingerprint density at radius 1 is 1.50 bits per heavy atom. The van der Waals surface area contributed by atoms with Crippen molar-refractivity contribution in [3.8, 4) is 0 Å². The molecule has 0 spiro atoms. The van der Waals surface area contributed by atoms with E-state index in [1.807, 2.05) is 0 Å². The Labute approximate surface area is 104 Å². The number of hydrogen-bond donors (Lipinski definition) is 1. The summed E-state index contributed by atoms with van der Waals surface area (Å²) in [7, 11) is 1.59. The van der Waals surface area contributed by atoms with Crippen molar-refractivity contribution in [1.82, 2.24) is 4.57 Å². The highest BCUT2D eigenvalue weighted by atomic mass is 16.5. The minimum atomic E-state index is -0.195. The van der Waals surface area contributed by atoms with Crippen molar-refractivity contribution in [1.29, 1.82) is 0 Å². The molecule has 0 unspecified atom stereocenters. The Balaban J connectivity index is 3.10. The van der Waals surface area contributed by atoms with E-state index in [1.54, 1.807) is 14.0 Å². The van der Waals surface area contributed by atoms with Gasteiger partial charge in [-0.2, -0.15) is 0 Å². The number of hydrogen-bond acceptors (Lipinski definition) is 5. The molecule has 0 aliphatic carbocycles. The van der Waals surface area contributed by atoms with E-state index in [2.05, 4.69) is 10.4 Å². The van der Waals surface area contributed by atoms with Crippen LogP contribution in [0.4, 0.5) is 5.82 Å². The summed E-state index contributed by atoms with van der Waals surface area (Å²) in [4.78, 5) is 21.8. The van der Waals surface area contributed by atoms with E-state index in [0.29, 0.717) is 30.8 Å². The minimum Gasteiger partial charge on any atom is -0.385 e. The van der Waals surface area contributed by atoms with Gasteiger partial charge in [0.1, 0.15) is 5.82 Å². The Bertz CT molecular complexity index is 508. The number of nitrogen functional groups attached to an aromatic ring is 1. The number of pyridine rings is 1. The van der Waals surface area contributed by atoms with Crippen LogP contribution in [0.5, 0.6) is 0 Å². The van der Waals surface area contributed by atoms with Gasteiger partial charge in [-0.1, -0.05) is 0 Å². The smallest absolute Gasteiger partial charge is 0.252 e. The Hall–Kier alpha value is -2.02. The molecule has 98 valence electrons. The maximum absolute atomic E-state index is 11.7. The van der Waals surface area contributed by atoms with Gasteiger partial charge in [-0.05, 0) is 19.4 Å². The molecule has 0 atom stereocenters. The summed E-state index contributed by atoms with van der Waals surface area (Å²) in [6.45, 7) is 2.60. The number of aromatic nitrogens is 1. The van der Waals surface area contributed by atoms with E-state index >= 15 is 0 Å². The summed E-state index contributed by atoms with van der Waals surface area (Å²) in [5, 5.41) is 5.84. The lowest BCUT2D eigenvalue weighted by atomic mass is 10.1. The standard InChI is InChI=1S/C11H16N4O3/c1-8(13-14-17)9-4-5-10(16)15(11(9)12)6-3-7-18-2/h4-5H,3,6-7,12H2,1-2H3. The molecule has 1 aromatic heterocycles. The van der Waals surface area contributed by atoms with Gasteiger partial charge in [-0.3, -0.25) is 9.36 Å². The highest BCUT2D eigenvalue weighted by Crippen LogP contribution is 2.11. The molecule has 0 saturated heterocycles. The van der Waals surface area contributed by atoms with Crippen LogP contribution in [0.15, 0.2) is 27.3 Å². The number of anilines is 1. The number of rotatable bonds is 6. The zero-order valence-corrected chi connectivity index (χ0v) is 10.4. The number of nitroso groups, excluding NO2 is 1. The van der Waals surface area contributed by atoms with E-state index in [-0.39, 0.29) is 11.4 Å². The van der Waals surface area contributed by atoms with E-state index in [0.717, 1.165) is 0 Å². The Morgan fingerprint density at radius 3 is 2.83 bits per heavy atom. The molecule has 0 aliphatic rings. The number of nitrogens with zero attached hydrogens (tertiary/aromatic N) is 3. The lowest BCUT2D eigenvalue weighted by Crippen LogP contribution is -2.25. The molecule has 0 fully saturated rings. The van der Waals surface area contributed by atoms with E-state index in [9.17, 15) is 9.70 Å². The molecule has 7 heteroatoms. The first-order valence-electron chi connectivity index (χ1n) is 5.47. The molecule has 0 radical (unpaired) electrons. The molecule has 7 nitrogen and oxygen atoms in total. The van der Waals surface area contributed by atoms with E-state index in [1.165, 1.54) is 16.7 Å². The first-order valence-corrected chi connectivity index (χ1v) is 5.47. The number of nitrogens with two attached hydrogens (primary N) is 1. The molecule has 0 aliphatic heterocycles. The van der Waals surface area contributed by atoms with Crippen LogP contribution in [0, 0.1) is 4.91 Å². The number of methoxy groups -OCH3 is 1. The second kappa shape index (κ2) is 6.65. The predicted octanol–water partition coefficient (Wildman–Crippen LogP) is 0.957. The van der Waals surface area contributed by atoms with Crippen LogP contribution in [-0.2, 0) is 11.3 Å². The van der Waals surface area contributed by atoms with Crippen LogP contribution >= 0.6 is 0 Å². The first-order chi connectivity index (χ1) is 8.61. The lowest BCUT2D eigenvalue weighted by Gasteiger charge is -2.12. The van der Waals surface area contributed by atoms with Gasteiger partial charge in [0.2, 0.25) is 0 Å². The van der Waals surface area contributed by atoms with Crippen molar-refractivity contribution in [2.24, 2.45) is 10.4 Å². The molecule has 1 aromatic rings. The molecule has 0 bridgehead atoms. The summed E-state index contributed by atoms with van der Waals surface area (Å²) in [5.41, 5.74) is 6.61. The minimum absolute atomic E-state index is 0.195. The maximum Gasteiger partial charge on any atom is 0.252 e. The normalized spacial score (nSPS) is 11.6. The van der Waals surface area contributed by atoms with Crippen molar-refractivity contribution < 1.29 is 4.74 Å². The van der Waals surface area contributed by atoms with Crippen LogP contribution in [0.1, 0.15) is 18.9 Å². The molecule has 0 saturated carbocycles. The monoisotopic (exact) mass is 252 g/mol. The van der Waals surface area contributed by atoms with Crippen molar-refractivity contribution in [2.75, 3.05) is 19.5 Å². The van der Waals surface area contributed by atoms with Gasteiger partial charge in [-0.25, -0.2) is 0 Å². The largest absolute Gasteiger partial charge is 0.385 e. The number of ether oxygens (including phenoxy) is 1. The van der Waals surface area contributed by atoms with Crippen molar-refractivity contribution >= 4 is 11.5 Å². The second-order valence-electron chi connectivity index (χ2n) is 3.74. The van der Waals surface area contributed by atoms with E-state index in [4.69, 9.17) is 10.5 Å². The maximum atomic E-state index is 11.7. The summed E-state index contributed by atoms with van der Waals surface area (Å²) in [6, 6.07) is 2.93. The quantitative estimate of drug-likeness (QED) is 0.352. The van der Waals surface area contributed by atoms with Gasteiger partial charge in [0.15, 0.2) is 0 Å². The fraction of sp³-hybridized carbons (Fsp3) is 0.455. The van der Waals surface area contributed by atoms with Crippen LogP contribution in [-0.4, -0.2) is 24.0 Å². The van der Waals surface area contributed by atoms with Gasteiger partial charge < -0.3 is 10.5 Å². The second-order valence-corrected chi connectivity index (χ2v) is 3.74. The SMILES string of the molecule is COCCCn1c(N)c(C(C)=NN=O)ccc1=O. The van der Waals surface area contributed by atoms with Crippen molar-refractivity contribution in [3.63, 3.8) is 0 Å². The third-order valence-corrected chi connectivity index (χ3v) is 2.54. The van der Waals surface area contributed by atoms with Crippen LogP contribution in [0.2, 0.25) is 0 Å². The van der Waals surface area contributed by atoms with Crippen LogP contribution in [0.3, 0.4) is 0 Å². The Kier molecular flexibility index (Phi) is 5.19. The third kappa shape index (κ3) is 3.24. The Morgan fingerprint density at radius 2 is 2.22 bits per heavy atom. The summed E-state index contributed by atoms with van der Waals surface area (Å²) < 4.78 is 6.35. The first kappa shape index (κ1) is 14.0. The molecule has 0 amide bonds. The van der Waals surface area contributed by atoms with Gasteiger partial charge in [0.05, 0.1) is 11.0 Å². The molecule has 2 N–H and O–H groups in total. The molecule has 0 aromatic carbocycles. The molecular weight excluding hydrogens is 236 g/mol. The average molecular weight is 252 g/mol. The van der Waals surface area contributed by atoms with E-state index < -0.39 is 0 Å². The zero-order valence-electron chi connectivity index (χ0n) is 10.4.